The smallest absolute Gasteiger partial charge is 0.279 e. The first-order valence-corrected chi connectivity index (χ1v) is 9.38. The van der Waals surface area contributed by atoms with Gasteiger partial charge in [0.1, 0.15) is 5.82 Å². The molecule has 1 aliphatic rings. The number of carbonyl (C=O) groups is 2. The van der Waals surface area contributed by atoms with Crippen molar-refractivity contribution in [1.82, 2.24) is 4.90 Å². The van der Waals surface area contributed by atoms with E-state index in [4.69, 9.17) is 0 Å². The summed E-state index contributed by atoms with van der Waals surface area (Å²) in [5.74, 6) is -0.345. The second-order valence-corrected chi connectivity index (χ2v) is 7.22. The van der Waals surface area contributed by atoms with Crippen molar-refractivity contribution >= 4 is 23.2 Å². The van der Waals surface area contributed by atoms with Crippen molar-refractivity contribution in [2.75, 3.05) is 57.0 Å². The molecule has 0 atom stereocenters. The van der Waals surface area contributed by atoms with Crippen molar-refractivity contribution in [3.05, 3.63) is 59.9 Å². The Morgan fingerprint density at radius 3 is 2.21 bits per heavy atom. The van der Waals surface area contributed by atoms with Crippen LogP contribution in [0.3, 0.4) is 0 Å². The molecule has 1 heterocycles. The van der Waals surface area contributed by atoms with Gasteiger partial charge in [0, 0.05) is 31.0 Å². The quantitative estimate of drug-likeness (QED) is 0.803. The van der Waals surface area contributed by atoms with E-state index in [1.165, 1.54) is 21.9 Å². The minimum absolute atomic E-state index is 0.0445. The highest BCUT2D eigenvalue weighted by molar-refractivity contribution is 5.95. The van der Waals surface area contributed by atoms with Gasteiger partial charge in [0.2, 0.25) is 0 Å². The molecule has 0 aliphatic carbocycles. The maximum atomic E-state index is 13.0. The molecular formula is C21H26FN4O2+. The number of amides is 2. The van der Waals surface area contributed by atoms with Crippen LogP contribution in [0.2, 0.25) is 0 Å². The molecule has 148 valence electrons. The third-order valence-electron chi connectivity index (χ3n) is 4.89. The highest BCUT2D eigenvalue weighted by Crippen LogP contribution is 2.14. The Hall–Kier alpha value is -2.93. The summed E-state index contributed by atoms with van der Waals surface area (Å²) < 4.78 is 13.0. The number of piperazine rings is 1. The number of carbonyl (C=O) groups excluding carboxylic acids is 2. The lowest BCUT2D eigenvalue weighted by Gasteiger charge is -2.33. The van der Waals surface area contributed by atoms with Crippen LogP contribution in [0, 0.1) is 5.82 Å². The van der Waals surface area contributed by atoms with E-state index in [2.05, 4.69) is 10.2 Å². The van der Waals surface area contributed by atoms with Crippen molar-refractivity contribution in [3.63, 3.8) is 0 Å². The number of nitrogens with one attached hydrogen (secondary N) is 2. The highest BCUT2D eigenvalue weighted by Gasteiger charge is 2.22. The zero-order valence-electron chi connectivity index (χ0n) is 16.2. The molecule has 1 fully saturated rings. The average molecular weight is 385 g/mol. The SMILES string of the molecule is CN(C)C(=O)c1ccc(NC(=O)C[NH+]2CCN(c3ccc(F)cc3)CC2)cc1. The molecule has 1 aliphatic heterocycles. The van der Waals surface area contributed by atoms with Crippen LogP contribution in [-0.2, 0) is 4.79 Å². The molecule has 3 rings (SSSR count). The topological polar surface area (TPSA) is 57.1 Å². The Morgan fingerprint density at radius 1 is 1.04 bits per heavy atom. The van der Waals surface area contributed by atoms with Crippen LogP contribution in [0.5, 0.6) is 0 Å². The van der Waals surface area contributed by atoms with Gasteiger partial charge < -0.3 is 20.0 Å². The number of benzene rings is 2. The maximum absolute atomic E-state index is 13.0. The molecule has 0 bridgehead atoms. The second kappa shape index (κ2) is 8.84. The third-order valence-corrected chi connectivity index (χ3v) is 4.89. The summed E-state index contributed by atoms with van der Waals surface area (Å²) in [6.07, 6.45) is 0. The van der Waals surface area contributed by atoms with Crippen LogP contribution in [0.1, 0.15) is 10.4 Å². The number of anilines is 2. The van der Waals surface area contributed by atoms with Gasteiger partial charge in [0.25, 0.3) is 11.8 Å². The van der Waals surface area contributed by atoms with E-state index in [1.807, 2.05) is 0 Å². The summed E-state index contributed by atoms with van der Waals surface area (Å²) in [7, 11) is 3.41. The highest BCUT2D eigenvalue weighted by atomic mass is 19.1. The molecule has 1 saturated heterocycles. The van der Waals surface area contributed by atoms with Crippen molar-refractivity contribution < 1.29 is 18.9 Å². The van der Waals surface area contributed by atoms with E-state index >= 15 is 0 Å². The Kier molecular flexibility index (Phi) is 6.26. The number of rotatable bonds is 5. The zero-order valence-corrected chi connectivity index (χ0v) is 16.2. The first kappa shape index (κ1) is 19.8. The molecule has 2 aromatic rings. The normalized spacial score (nSPS) is 14.6. The minimum Gasteiger partial charge on any atom is -0.360 e. The number of hydrogen-bond acceptors (Lipinski definition) is 3. The van der Waals surface area contributed by atoms with Crippen LogP contribution < -0.4 is 15.1 Å². The van der Waals surface area contributed by atoms with Gasteiger partial charge in [-0.05, 0) is 48.5 Å². The standard InChI is InChI=1S/C21H25FN4O2/c1-24(2)21(28)16-3-7-18(8-4-16)23-20(27)15-25-11-13-26(14-12-25)19-9-5-17(22)6-10-19/h3-10H,11-15H2,1-2H3,(H,23,27)/p+1. The van der Waals surface area contributed by atoms with Crippen LogP contribution in [0.15, 0.2) is 48.5 Å². The molecule has 6 nitrogen and oxygen atoms in total. The lowest BCUT2D eigenvalue weighted by atomic mass is 10.2. The third kappa shape index (κ3) is 5.07. The molecule has 28 heavy (non-hydrogen) atoms. The van der Waals surface area contributed by atoms with Gasteiger partial charge in [-0.1, -0.05) is 0 Å². The van der Waals surface area contributed by atoms with Gasteiger partial charge in [-0.3, -0.25) is 9.59 Å². The summed E-state index contributed by atoms with van der Waals surface area (Å²) in [5.41, 5.74) is 2.28. The molecule has 0 saturated carbocycles. The predicted molar refractivity (Wildman–Crippen MR) is 107 cm³/mol. The van der Waals surface area contributed by atoms with Crippen molar-refractivity contribution in [2.24, 2.45) is 0 Å². The molecule has 0 spiro atoms. The van der Waals surface area contributed by atoms with E-state index in [0.717, 1.165) is 31.9 Å². The van der Waals surface area contributed by atoms with Gasteiger partial charge >= 0.3 is 0 Å². The van der Waals surface area contributed by atoms with Gasteiger partial charge in [-0.25, -0.2) is 4.39 Å². The van der Waals surface area contributed by atoms with E-state index in [0.29, 0.717) is 17.8 Å². The van der Waals surface area contributed by atoms with Gasteiger partial charge in [0.15, 0.2) is 6.54 Å². The molecule has 7 heteroatoms. The Morgan fingerprint density at radius 2 is 1.64 bits per heavy atom. The predicted octanol–water partition coefficient (Wildman–Crippen LogP) is 0.871. The number of quaternary nitrogens is 1. The average Bonchev–Trinajstić information content (AvgIpc) is 2.69. The van der Waals surface area contributed by atoms with Gasteiger partial charge in [-0.15, -0.1) is 0 Å². The Bertz CT molecular complexity index is 813. The summed E-state index contributed by atoms with van der Waals surface area (Å²) in [6, 6.07) is 13.4. The van der Waals surface area contributed by atoms with Crippen LogP contribution in [0.4, 0.5) is 15.8 Å². The molecule has 0 radical (unpaired) electrons. The minimum atomic E-state index is -0.233. The largest absolute Gasteiger partial charge is 0.360 e. The lowest BCUT2D eigenvalue weighted by Crippen LogP contribution is -3.15. The second-order valence-electron chi connectivity index (χ2n) is 7.22. The van der Waals surface area contributed by atoms with Crippen LogP contribution in [-0.4, -0.2) is 63.5 Å². The fourth-order valence-electron chi connectivity index (χ4n) is 3.30. The maximum Gasteiger partial charge on any atom is 0.279 e. The van der Waals surface area contributed by atoms with Crippen molar-refractivity contribution in [2.45, 2.75) is 0 Å². The van der Waals surface area contributed by atoms with E-state index < -0.39 is 0 Å². The van der Waals surface area contributed by atoms with E-state index in [-0.39, 0.29) is 17.6 Å². The zero-order chi connectivity index (χ0) is 20.1. The molecule has 2 aromatic carbocycles. The number of halogens is 1. The summed E-state index contributed by atoms with van der Waals surface area (Å²) in [4.78, 5) is 29.2. The number of nitrogens with zero attached hydrogens (tertiary/aromatic N) is 2. The molecule has 2 N–H and O–H groups in total. The van der Waals surface area contributed by atoms with Crippen molar-refractivity contribution in [3.8, 4) is 0 Å². The van der Waals surface area contributed by atoms with E-state index in [1.54, 1.807) is 50.5 Å². The van der Waals surface area contributed by atoms with Gasteiger partial charge in [0.05, 0.1) is 26.2 Å². The first-order valence-electron chi connectivity index (χ1n) is 9.38. The molecule has 2 amide bonds. The summed E-state index contributed by atoms with van der Waals surface area (Å²) >= 11 is 0. The first-order chi connectivity index (χ1) is 13.4. The van der Waals surface area contributed by atoms with Crippen LogP contribution >= 0.6 is 0 Å². The van der Waals surface area contributed by atoms with Gasteiger partial charge in [-0.2, -0.15) is 0 Å². The molecule has 0 aromatic heterocycles. The summed E-state index contributed by atoms with van der Waals surface area (Å²) in [5, 5.41) is 2.89. The molecular weight excluding hydrogens is 359 g/mol. The Balaban J connectivity index is 1.47. The van der Waals surface area contributed by atoms with Crippen molar-refractivity contribution in [1.29, 1.82) is 0 Å². The van der Waals surface area contributed by atoms with Crippen LogP contribution in [0.25, 0.3) is 0 Å². The molecule has 0 unspecified atom stereocenters. The fourth-order valence-corrected chi connectivity index (χ4v) is 3.30. The fraction of sp³-hybridized carbons (Fsp3) is 0.333. The van der Waals surface area contributed by atoms with E-state index in [9.17, 15) is 14.0 Å². The lowest BCUT2D eigenvalue weighted by molar-refractivity contribution is -0.892. The monoisotopic (exact) mass is 385 g/mol. The summed E-state index contributed by atoms with van der Waals surface area (Å²) in [6.45, 7) is 3.75. The number of hydrogen-bond donors (Lipinski definition) is 2. The Labute approximate surface area is 164 Å².